The number of amides is 1. The summed E-state index contributed by atoms with van der Waals surface area (Å²) in [6.45, 7) is 0. The third kappa shape index (κ3) is 3.00. The average molecular weight is 295 g/mol. The van der Waals surface area contributed by atoms with E-state index < -0.39 is 5.82 Å². The molecule has 6 heteroatoms. The van der Waals surface area contributed by atoms with Crippen molar-refractivity contribution in [1.82, 2.24) is 5.32 Å². The van der Waals surface area contributed by atoms with Gasteiger partial charge in [-0.3, -0.25) is 4.79 Å². The summed E-state index contributed by atoms with van der Waals surface area (Å²) in [7, 11) is 1.51. The predicted octanol–water partition coefficient (Wildman–Crippen LogP) is 3.21. The minimum Gasteiger partial charge on any atom is -0.456 e. The van der Waals surface area contributed by atoms with E-state index in [9.17, 15) is 9.18 Å². The number of nitrogens with two attached hydrogens (primary N) is 1. The van der Waals surface area contributed by atoms with E-state index in [0.717, 1.165) is 0 Å². The second-order valence-corrected chi connectivity index (χ2v) is 4.42. The highest BCUT2D eigenvalue weighted by atomic mass is 35.5. The van der Waals surface area contributed by atoms with Crippen molar-refractivity contribution in [2.75, 3.05) is 12.8 Å². The molecule has 0 aliphatic rings. The fourth-order valence-electron chi connectivity index (χ4n) is 1.61. The molecule has 0 bridgehead atoms. The first-order valence-electron chi connectivity index (χ1n) is 5.76. The van der Waals surface area contributed by atoms with E-state index in [0.29, 0.717) is 17.0 Å². The highest BCUT2D eigenvalue weighted by Gasteiger charge is 2.13. The molecule has 0 heterocycles. The summed E-state index contributed by atoms with van der Waals surface area (Å²) in [4.78, 5) is 11.7. The van der Waals surface area contributed by atoms with Crippen LogP contribution >= 0.6 is 11.6 Å². The number of ether oxygens (including phenoxy) is 1. The fraction of sp³-hybridized carbons (Fsp3) is 0.0714. The number of nitrogens with one attached hydrogen (secondary N) is 1. The van der Waals surface area contributed by atoms with Gasteiger partial charge in [0.05, 0.1) is 10.6 Å². The largest absolute Gasteiger partial charge is 0.456 e. The predicted molar refractivity (Wildman–Crippen MR) is 75.7 cm³/mol. The van der Waals surface area contributed by atoms with Gasteiger partial charge in [-0.1, -0.05) is 11.6 Å². The van der Waals surface area contributed by atoms with Gasteiger partial charge in [0.25, 0.3) is 5.91 Å². The van der Waals surface area contributed by atoms with Gasteiger partial charge in [0.1, 0.15) is 17.3 Å². The van der Waals surface area contributed by atoms with Crippen LogP contribution in [0, 0.1) is 5.82 Å². The van der Waals surface area contributed by atoms with Gasteiger partial charge in [-0.2, -0.15) is 0 Å². The van der Waals surface area contributed by atoms with Crippen molar-refractivity contribution in [1.29, 1.82) is 0 Å². The van der Waals surface area contributed by atoms with Crippen LogP contribution < -0.4 is 15.8 Å². The van der Waals surface area contributed by atoms with Crippen molar-refractivity contribution in [2.24, 2.45) is 0 Å². The highest BCUT2D eigenvalue weighted by molar-refractivity contribution is 6.30. The zero-order valence-corrected chi connectivity index (χ0v) is 11.4. The van der Waals surface area contributed by atoms with Crippen LogP contribution in [0.2, 0.25) is 5.02 Å². The third-order valence-corrected chi connectivity index (χ3v) is 2.89. The number of carbonyl (C=O) groups is 1. The summed E-state index contributed by atoms with van der Waals surface area (Å²) in [6.07, 6.45) is 0. The van der Waals surface area contributed by atoms with Gasteiger partial charge in [-0.05, 0) is 24.3 Å². The molecule has 0 atom stereocenters. The Morgan fingerprint density at radius 1 is 1.30 bits per heavy atom. The maximum absolute atomic E-state index is 13.1. The molecule has 20 heavy (non-hydrogen) atoms. The number of nitrogen functional groups attached to an aromatic ring is 1. The van der Waals surface area contributed by atoms with Crippen molar-refractivity contribution in [3.05, 3.63) is 52.8 Å². The first-order valence-corrected chi connectivity index (χ1v) is 6.13. The summed E-state index contributed by atoms with van der Waals surface area (Å²) in [5.41, 5.74) is 6.45. The smallest absolute Gasteiger partial charge is 0.254 e. The molecule has 0 saturated carbocycles. The monoisotopic (exact) mass is 294 g/mol. The summed E-state index contributed by atoms with van der Waals surface area (Å²) in [6, 6.07) is 8.58. The standard InChI is InChI=1S/C14H12ClFN2O2/c1-18-14(19)10-4-2-8(17)6-13(10)20-9-3-5-12(16)11(15)7-9/h2-7H,17H2,1H3,(H,18,19). The fourth-order valence-corrected chi connectivity index (χ4v) is 1.78. The summed E-state index contributed by atoms with van der Waals surface area (Å²) >= 11 is 5.68. The molecule has 4 nitrogen and oxygen atoms in total. The Bertz CT molecular complexity index is 662. The molecule has 0 radical (unpaired) electrons. The Morgan fingerprint density at radius 3 is 2.70 bits per heavy atom. The summed E-state index contributed by atoms with van der Waals surface area (Å²) in [5.74, 6) is -0.273. The Morgan fingerprint density at radius 2 is 2.05 bits per heavy atom. The number of carbonyl (C=O) groups excluding carboxylic acids is 1. The lowest BCUT2D eigenvalue weighted by Crippen LogP contribution is -2.18. The number of hydrogen-bond donors (Lipinski definition) is 2. The van der Waals surface area contributed by atoms with Crippen LogP contribution in [0.25, 0.3) is 0 Å². The molecule has 0 saturated heterocycles. The van der Waals surface area contributed by atoms with Crippen molar-refractivity contribution in [3.8, 4) is 11.5 Å². The minimum atomic E-state index is -0.543. The maximum atomic E-state index is 13.1. The van der Waals surface area contributed by atoms with Gasteiger partial charge >= 0.3 is 0 Å². The molecule has 2 rings (SSSR count). The molecule has 0 spiro atoms. The van der Waals surface area contributed by atoms with Crippen molar-refractivity contribution < 1.29 is 13.9 Å². The topological polar surface area (TPSA) is 64.4 Å². The number of hydrogen-bond acceptors (Lipinski definition) is 3. The summed E-state index contributed by atoms with van der Waals surface area (Å²) < 4.78 is 18.6. The normalized spacial score (nSPS) is 10.2. The van der Waals surface area contributed by atoms with Crippen LogP contribution in [-0.4, -0.2) is 13.0 Å². The molecular weight excluding hydrogens is 283 g/mol. The SMILES string of the molecule is CNC(=O)c1ccc(N)cc1Oc1ccc(F)c(Cl)c1. The van der Waals surface area contributed by atoms with E-state index in [4.69, 9.17) is 22.1 Å². The first-order chi connectivity index (χ1) is 9.51. The van der Waals surface area contributed by atoms with Gasteiger partial charge in [0, 0.05) is 24.9 Å². The minimum absolute atomic E-state index is 0.0621. The van der Waals surface area contributed by atoms with Crippen LogP contribution in [0.4, 0.5) is 10.1 Å². The highest BCUT2D eigenvalue weighted by Crippen LogP contribution is 2.30. The van der Waals surface area contributed by atoms with Crippen LogP contribution in [0.5, 0.6) is 11.5 Å². The lowest BCUT2D eigenvalue weighted by atomic mass is 10.1. The molecule has 2 aromatic carbocycles. The Kier molecular flexibility index (Phi) is 4.10. The zero-order valence-electron chi connectivity index (χ0n) is 10.6. The number of rotatable bonds is 3. The first kappa shape index (κ1) is 14.1. The molecule has 2 aromatic rings. The molecule has 3 N–H and O–H groups in total. The maximum Gasteiger partial charge on any atom is 0.254 e. The Balaban J connectivity index is 2.38. The molecule has 0 aliphatic heterocycles. The molecule has 0 aromatic heterocycles. The number of benzene rings is 2. The van der Waals surface area contributed by atoms with Crippen LogP contribution in [0.1, 0.15) is 10.4 Å². The quantitative estimate of drug-likeness (QED) is 0.854. The van der Waals surface area contributed by atoms with Gasteiger partial charge in [-0.25, -0.2) is 4.39 Å². The third-order valence-electron chi connectivity index (χ3n) is 2.60. The Hall–Kier alpha value is -2.27. The van der Waals surface area contributed by atoms with E-state index in [1.807, 2.05) is 0 Å². The van der Waals surface area contributed by atoms with Gasteiger partial charge in [0.15, 0.2) is 0 Å². The van der Waals surface area contributed by atoms with E-state index in [-0.39, 0.29) is 16.7 Å². The average Bonchev–Trinajstić information content (AvgIpc) is 2.42. The second kappa shape index (κ2) is 5.79. The van der Waals surface area contributed by atoms with Crippen molar-refractivity contribution in [3.63, 3.8) is 0 Å². The number of halogens is 2. The van der Waals surface area contributed by atoms with Gasteiger partial charge in [-0.15, -0.1) is 0 Å². The van der Waals surface area contributed by atoms with E-state index in [2.05, 4.69) is 5.32 Å². The zero-order chi connectivity index (χ0) is 14.7. The summed E-state index contributed by atoms with van der Waals surface area (Å²) in [5, 5.41) is 2.44. The molecule has 0 fully saturated rings. The van der Waals surface area contributed by atoms with Crippen LogP contribution in [-0.2, 0) is 0 Å². The van der Waals surface area contributed by atoms with Crippen molar-refractivity contribution in [2.45, 2.75) is 0 Å². The molecule has 104 valence electrons. The molecular formula is C14H12ClFN2O2. The van der Waals surface area contributed by atoms with E-state index >= 15 is 0 Å². The van der Waals surface area contributed by atoms with E-state index in [1.165, 1.54) is 31.3 Å². The Labute approximate surface area is 120 Å². The lowest BCUT2D eigenvalue weighted by molar-refractivity contribution is 0.0961. The molecule has 0 aliphatic carbocycles. The lowest BCUT2D eigenvalue weighted by Gasteiger charge is -2.11. The molecule has 0 unspecified atom stereocenters. The number of anilines is 1. The van der Waals surface area contributed by atoms with Gasteiger partial charge < -0.3 is 15.8 Å². The second-order valence-electron chi connectivity index (χ2n) is 4.01. The van der Waals surface area contributed by atoms with Crippen LogP contribution in [0.3, 0.4) is 0 Å². The van der Waals surface area contributed by atoms with E-state index in [1.54, 1.807) is 12.1 Å². The molecule has 1 amide bonds. The van der Waals surface area contributed by atoms with Crippen molar-refractivity contribution >= 4 is 23.2 Å². The van der Waals surface area contributed by atoms with Gasteiger partial charge in [0.2, 0.25) is 0 Å². The van der Waals surface area contributed by atoms with Crippen LogP contribution in [0.15, 0.2) is 36.4 Å².